The fourth-order valence-electron chi connectivity index (χ4n) is 2.42. The van der Waals surface area contributed by atoms with Crippen molar-refractivity contribution in [2.75, 3.05) is 20.2 Å². The van der Waals surface area contributed by atoms with Gasteiger partial charge < -0.3 is 9.84 Å². The Balaban J connectivity index is 2.14. The molecule has 0 radical (unpaired) electrons. The zero-order valence-electron chi connectivity index (χ0n) is 7.77. The first-order chi connectivity index (χ1) is 6.24. The third-order valence-corrected chi connectivity index (χ3v) is 3.22. The molecule has 1 N–H and O–H groups in total. The lowest BCUT2D eigenvalue weighted by molar-refractivity contribution is -0.162. The van der Waals surface area contributed by atoms with Gasteiger partial charge in [0.05, 0.1) is 13.2 Å². The maximum atomic E-state index is 11.3. The number of rotatable bonds is 1. The summed E-state index contributed by atoms with van der Waals surface area (Å²) in [5.74, 6) is 0.00556. The highest BCUT2D eigenvalue weighted by molar-refractivity contribution is 5.76. The normalized spacial score (nSPS) is 43.2. The van der Waals surface area contributed by atoms with Crippen LogP contribution in [0.2, 0.25) is 0 Å². The van der Waals surface area contributed by atoms with E-state index < -0.39 is 12.1 Å². The van der Waals surface area contributed by atoms with Crippen LogP contribution in [0.25, 0.3) is 0 Å². The number of fused-ring (bicyclic) bond motifs is 3. The highest BCUT2D eigenvalue weighted by atomic mass is 16.5. The Morgan fingerprint density at radius 1 is 1.46 bits per heavy atom. The summed E-state index contributed by atoms with van der Waals surface area (Å²) < 4.78 is 4.67. The van der Waals surface area contributed by atoms with Gasteiger partial charge in [-0.1, -0.05) is 0 Å². The predicted octanol–water partition coefficient (Wildman–Crippen LogP) is -0.386. The molecule has 4 heteroatoms. The maximum Gasteiger partial charge on any atom is 0.325 e. The van der Waals surface area contributed by atoms with Crippen LogP contribution in [0.5, 0.6) is 0 Å². The first kappa shape index (κ1) is 8.97. The number of aliphatic hydroxyl groups is 1. The maximum absolute atomic E-state index is 11.3. The molecular formula is C9H15NO3. The Bertz CT molecular complexity index is 209. The fourth-order valence-corrected chi connectivity index (χ4v) is 2.42. The van der Waals surface area contributed by atoms with Crippen LogP contribution in [-0.4, -0.2) is 48.3 Å². The molecule has 3 rings (SSSR count). The molecule has 2 bridgehead atoms. The molecular weight excluding hydrogens is 170 g/mol. The highest BCUT2D eigenvalue weighted by Crippen LogP contribution is 2.32. The molecule has 0 spiro atoms. The van der Waals surface area contributed by atoms with Gasteiger partial charge in [-0.15, -0.1) is 0 Å². The van der Waals surface area contributed by atoms with Crippen molar-refractivity contribution in [3.05, 3.63) is 0 Å². The van der Waals surface area contributed by atoms with Crippen molar-refractivity contribution in [2.45, 2.75) is 25.0 Å². The summed E-state index contributed by atoms with van der Waals surface area (Å²) in [6, 6.07) is -0.405. The molecule has 3 fully saturated rings. The van der Waals surface area contributed by atoms with E-state index in [1.54, 1.807) is 0 Å². The topological polar surface area (TPSA) is 49.8 Å². The molecule has 74 valence electrons. The van der Waals surface area contributed by atoms with Crippen molar-refractivity contribution in [1.29, 1.82) is 0 Å². The molecule has 0 aromatic rings. The molecule has 2 atom stereocenters. The van der Waals surface area contributed by atoms with Gasteiger partial charge in [-0.25, -0.2) is 0 Å². The summed E-state index contributed by atoms with van der Waals surface area (Å²) in [5.41, 5.74) is 0. The summed E-state index contributed by atoms with van der Waals surface area (Å²) in [7, 11) is 1.37. The van der Waals surface area contributed by atoms with Gasteiger partial charge in [-0.05, 0) is 31.8 Å². The van der Waals surface area contributed by atoms with Crippen molar-refractivity contribution in [3.63, 3.8) is 0 Å². The minimum atomic E-state index is -0.519. The van der Waals surface area contributed by atoms with Crippen LogP contribution in [0, 0.1) is 5.92 Å². The summed E-state index contributed by atoms with van der Waals surface area (Å²) in [6.07, 6.45) is 1.50. The monoisotopic (exact) mass is 185 g/mol. The van der Waals surface area contributed by atoms with Crippen molar-refractivity contribution < 1.29 is 14.6 Å². The van der Waals surface area contributed by atoms with Crippen LogP contribution in [0.1, 0.15) is 12.8 Å². The number of hydrogen-bond donors (Lipinski definition) is 1. The van der Waals surface area contributed by atoms with Gasteiger partial charge in [-0.3, -0.25) is 9.69 Å². The van der Waals surface area contributed by atoms with Gasteiger partial charge in [0.25, 0.3) is 0 Å². The van der Waals surface area contributed by atoms with Crippen molar-refractivity contribution in [1.82, 2.24) is 4.90 Å². The summed E-state index contributed by atoms with van der Waals surface area (Å²) >= 11 is 0. The van der Waals surface area contributed by atoms with E-state index in [1.165, 1.54) is 7.11 Å². The Morgan fingerprint density at radius 3 is 2.54 bits per heavy atom. The van der Waals surface area contributed by atoms with Crippen LogP contribution >= 0.6 is 0 Å². The summed E-state index contributed by atoms with van der Waals surface area (Å²) in [4.78, 5) is 13.4. The van der Waals surface area contributed by atoms with E-state index in [0.29, 0.717) is 5.92 Å². The first-order valence-corrected chi connectivity index (χ1v) is 4.74. The minimum Gasteiger partial charge on any atom is -0.468 e. The number of aliphatic hydroxyl groups excluding tert-OH is 1. The first-order valence-electron chi connectivity index (χ1n) is 4.74. The van der Waals surface area contributed by atoms with Crippen LogP contribution in [0.15, 0.2) is 0 Å². The molecule has 4 nitrogen and oxygen atoms in total. The predicted molar refractivity (Wildman–Crippen MR) is 46.1 cm³/mol. The second-order valence-electron chi connectivity index (χ2n) is 3.83. The van der Waals surface area contributed by atoms with Crippen molar-refractivity contribution >= 4 is 5.97 Å². The summed E-state index contributed by atoms with van der Waals surface area (Å²) in [5, 5.41) is 9.82. The lowest BCUT2D eigenvalue weighted by Gasteiger charge is -2.47. The van der Waals surface area contributed by atoms with Gasteiger partial charge in [0.2, 0.25) is 0 Å². The van der Waals surface area contributed by atoms with E-state index in [4.69, 9.17) is 0 Å². The Labute approximate surface area is 77.5 Å². The van der Waals surface area contributed by atoms with Crippen LogP contribution in [0.4, 0.5) is 0 Å². The zero-order valence-corrected chi connectivity index (χ0v) is 7.77. The van der Waals surface area contributed by atoms with E-state index in [9.17, 15) is 9.90 Å². The average molecular weight is 185 g/mol. The van der Waals surface area contributed by atoms with Crippen LogP contribution < -0.4 is 0 Å². The SMILES string of the molecule is COC(=O)C1C(O)C2CCN1CC2. The molecule has 3 aliphatic heterocycles. The standard InChI is InChI=1S/C9H15NO3/c1-13-9(12)7-8(11)6-2-4-10(7)5-3-6/h6-8,11H,2-5H2,1H3. The number of piperidine rings is 3. The van der Waals surface area contributed by atoms with Crippen molar-refractivity contribution in [3.8, 4) is 0 Å². The van der Waals surface area contributed by atoms with E-state index in [-0.39, 0.29) is 5.97 Å². The van der Waals surface area contributed by atoms with E-state index in [0.717, 1.165) is 25.9 Å². The van der Waals surface area contributed by atoms with Crippen LogP contribution in [0.3, 0.4) is 0 Å². The number of hydrogen-bond acceptors (Lipinski definition) is 4. The quantitative estimate of drug-likeness (QED) is 0.565. The molecule has 3 saturated heterocycles. The lowest BCUT2D eigenvalue weighted by atomic mass is 9.81. The molecule has 2 unspecified atom stereocenters. The fraction of sp³-hybridized carbons (Fsp3) is 0.889. The third-order valence-electron chi connectivity index (χ3n) is 3.22. The van der Waals surface area contributed by atoms with E-state index >= 15 is 0 Å². The molecule has 3 heterocycles. The van der Waals surface area contributed by atoms with Crippen LogP contribution in [-0.2, 0) is 9.53 Å². The second kappa shape index (κ2) is 3.27. The number of methoxy groups -OCH3 is 1. The smallest absolute Gasteiger partial charge is 0.325 e. The molecule has 0 saturated carbocycles. The molecule has 13 heavy (non-hydrogen) atoms. The number of esters is 1. The molecule has 0 aliphatic carbocycles. The third kappa shape index (κ3) is 1.34. The van der Waals surface area contributed by atoms with E-state index in [1.807, 2.05) is 4.90 Å². The number of carbonyl (C=O) groups excluding carboxylic acids is 1. The van der Waals surface area contributed by atoms with Gasteiger partial charge in [0.15, 0.2) is 0 Å². The number of ether oxygens (including phenoxy) is 1. The molecule has 3 aliphatic rings. The lowest BCUT2D eigenvalue weighted by Crippen LogP contribution is -2.61. The Morgan fingerprint density at radius 2 is 2.08 bits per heavy atom. The molecule has 0 aromatic carbocycles. The second-order valence-corrected chi connectivity index (χ2v) is 3.83. The van der Waals surface area contributed by atoms with Gasteiger partial charge >= 0.3 is 5.97 Å². The van der Waals surface area contributed by atoms with Gasteiger partial charge in [-0.2, -0.15) is 0 Å². The number of carbonyl (C=O) groups is 1. The molecule has 0 amide bonds. The Hall–Kier alpha value is -0.610. The largest absolute Gasteiger partial charge is 0.468 e. The highest BCUT2D eigenvalue weighted by Gasteiger charge is 2.45. The molecule has 0 aromatic heterocycles. The Kier molecular flexibility index (Phi) is 2.26. The zero-order chi connectivity index (χ0) is 9.42. The average Bonchev–Trinajstić information content (AvgIpc) is 2.18. The number of nitrogens with zero attached hydrogens (tertiary/aromatic N) is 1. The van der Waals surface area contributed by atoms with Crippen molar-refractivity contribution in [2.24, 2.45) is 5.92 Å². The minimum absolute atomic E-state index is 0.295. The summed E-state index contributed by atoms with van der Waals surface area (Å²) in [6.45, 7) is 1.84. The van der Waals surface area contributed by atoms with Gasteiger partial charge in [0, 0.05) is 0 Å². The van der Waals surface area contributed by atoms with E-state index in [2.05, 4.69) is 4.74 Å². The van der Waals surface area contributed by atoms with Gasteiger partial charge in [0.1, 0.15) is 6.04 Å².